The molecule has 0 aliphatic carbocycles. The van der Waals surface area contributed by atoms with E-state index in [1.807, 2.05) is 0 Å². The van der Waals surface area contributed by atoms with E-state index in [1.165, 1.54) is 0 Å². The Hall–Kier alpha value is -1.14. The summed E-state index contributed by atoms with van der Waals surface area (Å²) in [4.78, 5) is 24.3. The average Bonchev–Trinajstić information content (AvgIpc) is 2.26. The number of methoxy groups -OCH3 is 1. The molecule has 0 bridgehead atoms. The van der Waals surface area contributed by atoms with Crippen molar-refractivity contribution >= 4 is 11.9 Å². The molecular weight excluding hydrogens is 236 g/mol. The van der Waals surface area contributed by atoms with Crippen molar-refractivity contribution in [1.82, 2.24) is 4.90 Å². The minimum atomic E-state index is -0.809. The summed E-state index contributed by atoms with van der Waals surface area (Å²) in [7, 11) is 1.61. The monoisotopic (exact) mass is 258 g/mol. The Morgan fingerprint density at radius 1 is 1.50 bits per heavy atom. The molecule has 3 N–H and O–H groups in total. The van der Waals surface area contributed by atoms with Crippen LogP contribution in [0, 0.1) is 11.8 Å². The highest BCUT2D eigenvalue weighted by atomic mass is 16.5. The lowest BCUT2D eigenvalue weighted by Crippen LogP contribution is -2.57. The van der Waals surface area contributed by atoms with Crippen molar-refractivity contribution in [2.75, 3.05) is 26.8 Å². The van der Waals surface area contributed by atoms with Gasteiger partial charge in [-0.3, -0.25) is 9.59 Å². The number of nitrogens with zero attached hydrogens (tertiary/aromatic N) is 1. The second-order valence-electron chi connectivity index (χ2n) is 4.87. The van der Waals surface area contributed by atoms with E-state index in [9.17, 15) is 9.59 Å². The summed E-state index contributed by atoms with van der Waals surface area (Å²) in [5, 5.41) is 8.85. The Labute approximate surface area is 107 Å². The van der Waals surface area contributed by atoms with Crippen LogP contribution < -0.4 is 5.73 Å². The molecule has 6 nitrogen and oxygen atoms in total. The Bertz CT molecular complexity index is 302. The zero-order chi connectivity index (χ0) is 13.7. The molecule has 0 aromatic rings. The molecule has 0 spiro atoms. The lowest BCUT2D eigenvalue weighted by molar-refractivity contribution is -0.151. The molecule has 18 heavy (non-hydrogen) atoms. The van der Waals surface area contributed by atoms with Gasteiger partial charge in [0.05, 0.1) is 12.0 Å². The molecule has 0 aromatic carbocycles. The van der Waals surface area contributed by atoms with Crippen LogP contribution in [-0.4, -0.2) is 54.7 Å². The normalized spacial score (nSPS) is 19.2. The molecule has 1 rings (SSSR count). The van der Waals surface area contributed by atoms with Gasteiger partial charge in [-0.15, -0.1) is 0 Å². The minimum absolute atomic E-state index is 0.0534. The van der Waals surface area contributed by atoms with Gasteiger partial charge in [-0.05, 0) is 12.8 Å². The quantitative estimate of drug-likeness (QED) is 0.623. The highest BCUT2D eigenvalue weighted by Crippen LogP contribution is 2.24. The molecule has 104 valence electrons. The van der Waals surface area contributed by atoms with Gasteiger partial charge in [0.1, 0.15) is 0 Å². The zero-order valence-electron chi connectivity index (χ0n) is 11.0. The third-order valence-electron chi connectivity index (χ3n) is 3.50. The molecule has 0 saturated carbocycles. The summed E-state index contributed by atoms with van der Waals surface area (Å²) >= 11 is 0. The van der Waals surface area contributed by atoms with Gasteiger partial charge in [-0.25, -0.2) is 0 Å². The van der Waals surface area contributed by atoms with E-state index in [1.54, 1.807) is 18.9 Å². The largest absolute Gasteiger partial charge is 0.481 e. The molecule has 1 fully saturated rings. The van der Waals surface area contributed by atoms with E-state index in [-0.39, 0.29) is 11.8 Å². The van der Waals surface area contributed by atoms with E-state index in [2.05, 4.69) is 0 Å². The average molecular weight is 258 g/mol. The van der Waals surface area contributed by atoms with Crippen LogP contribution in [0.1, 0.15) is 19.8 Å². The van der Waals surface area contributed by atoms with Crippen molar-refractivity contribution in [1.29, 1.82) is 0 Å². The molecule has 1 aliphatic heterocycles. The Morgan fingerprint density at radius 3 is 2.61 bits per heavy atom. The molecule has 1 aliphatic rings. The van der Waals surface area contributed by atoms with Crippen molar-refractivity contribution < 1.29 is 19.4 Å². The maximum absolute atomic E-state index is 11.9. The summed E-state index contributed by atoms with van der Waals surface area (Å²) in [6.45, 7) is 3.28. The van der Waals surface area contributed by atoms with Gasteiger partial charge in [0.15, 0.2) is 0 Å². The van der Waals surface area contributed by atoms with Crippen LogP contribution in [0.15, 0.2) is 0 Å². The van der Waals surface area contributed by atoms with Crippen LogP contribution in [0.25, 0.3) is 0 Å². The van der Waals surface area contributed by atoms with Crippen molar-refractivity contribution in [2.24, 2.45) is 17.6 Å². The minimum Gasteiger partial charge on any atom is -0.481 e. The molecule has 1 saturated heterocycles. The maximum atomic E-state index is 11.9. The van der Waals surface area contributed by atoms with Crippen LogP contribution in [-0.2, 0) is 14.3 Å². The maximum Gasteiger partial charge on any atom is 0.306 e. The van der Waals surface area contributed by atoms with Crippen molar-refractivity contribution in [3.8, 4) is 0 Å². The molecule has 0 radical (unpaired) electrons. The summed E-state index contributed by atoms with van der Waals surface area (Å²) in [5.74, 6) is -1.24. The third kappa shape index (κ3) is 3.68. The SMILES string of the molecule is COCCCC(N)C(=O)N1CC(C(C)C(=O)O)C1. The summed E-state index contributed by atoms with van der Waals surface area (Å²) in [6, 6.07) is -0.499. The smallest absolute Gasteiger partial charge is 0.306 e. The first-order chi connectivity index (χ1) is 8.47. The topological polar surface area (TPSA) is 92.9 Å². The van der Waals surface area contributed by atoms with Crippen LogP contribution in [0.5, 0.6) is 0 Å². The Kier molecular flexibility index (Phi) is 5.55. The first kappa shape index (κ1) is 14.9. The number of carbonyl (C=O) groups is 2. The molecular formula is C12H22N2O4. The van der Waals surface area contributed by atoms with E-state index in [0.29, 0.717) is 26.1 Å². The number of rotatable bonds is 7. The lowest BCUT2D eigenvalue weighted by Gasteiger charge is -2.42. The van der Waals surface area contributed by atoms with Gasteiger partial charge in [0, 0.05) is 32.7 Å². The second-order valence-corrected chi connectivity index (χ2v) is 4.87. The standard InChI is InChI=1S/C12H22N2O4/c1-8(12(16)17)9-6-14(7-9)11(15)10(13)4-3-5-18-2/h8-10H,3-7,13H2,1-2H3,(H,16,17). The Balaban J connectivity index is 2.27. The molecule has 6 heteroatoms. The van der Waals surface area contributed by atoms with Crippen molar-refractivity contribution in [2.45, 2.75) is 25.8 Å². The highest BCUT2D eigenvalue weighted by molar-refractivity contribution is 5.82. The van der Waals surface area contributed by atoms with Crippen molar-refractivity contribution in [3.05, 3.63) is 0 Å². The fourth-order valence-electron chi connectivity index (χ4n) is 2.02. The number of aliphatic carboxylic acids is 1. The number of likely N-dealkylation sites (tertiary alicyclic amines) is 1. The van der Waals surface area contributed by atoms with Gasteiger partial charge in [-0.2, -0.15) is 0 Å². The fraction of sp³-hybridized carbons (Fsp3) is 0.833. The number of nitrogens with two attached hydrogens (primary N) is 1. The first-order valence-corrected chi connectivity index (χ1v) is 6.23. The molecule has 2 unspecified atom stereocenters. The molecule has 2 atom stereocenters. The number of carbonyl (C=O) groups excluding carboxylic acids is 1. The molecule has 1 heterocycles. The molecule has 1 amide bonds. The fourth-order valence-corrected chi connectivity index (χ4v) is 2.02. The Morgan fingerprint density at radius 2 is 2.11 bits per heavy atom. The number of ether oxygens (including phenoxy) is 1. The van der Waals surface area contributed by atoms with Crippen molar-refractivity contribution in [3.63, 3.8) is 0 Å². The predicted octanol–water partition coefficient (Wildman–Crippen LogP) is -0.0806. The van der Waals surface area contributed by atoms with Gasteiger partial charge in [0.2, 0.25) is 5.91 Å². The first-order valence-electron chi connectivity index (χ1n) is 6.23. The van der Waals surface area contributed by atoms with Crippen LogP contribution in [0.3, 0.4) is 0 Å². The number of amides is 1. The van der Waals surface area contributed by atoms with Crippen LogP contribution >= 0.6 is 0 Å². The zero-order valence-corrected chi connectivity index (χ0v) is 11.0. The van der Waals surface area contributed by atoms with Gasteiger partial charge < -0.3 is 20.5 Å². The molecule has 0 aromatic heterocycles. The number of hydrogen-bond donors (Lipinski definition) is 2. The van der Waals surface area contributed by atoms with E-state index < -0.39 is 17.9 Å². The van der Waals surface area contributed by atoms with Gasteiger partial charge >= 0.3 is 5.97 Å². The predicted molar refractivity (Wildman–Crippen MR) is 66.0 cm³/mol. The summed E-state index contributed by atoms with van der Waals surface area (Å²) in [5.41, 5.74) is 5.79. The van der Waals surface area contributed by atoms with E-state index >= 15 is 0 Å². The van der Waals surface area contributed by atoms with E-state index in [0.717, 1.165) is 6.42 Å². The number of hydrogen-bond acceptors (Lipinski definition) is 4. The summed E-state index contributed by atoms with van der Waals surface area (Å²) in [6.07, 6.45) is 1.36. The van der Waals surface area contributed by atoms with Gasteiger partial charge in [-0.1, -0.05) is 6.92 Å². The third-order valence-corrected chi connectivity index (χ3v) is 3.50. The van der Waals surface area contributed by atoms with Crippen LogP contribution in [0.2, 0.25) is 0 Å². The lowest BCUT2D eigenvalue weighted by atomic mass is 9.86. The number of carboxylic acids is 1. The van der Waals surface area contributed by atoms with E-state index in [4.69, 9.17) is 15.6 Å². The summed E-state index contributed by atoms with van der Waals surface area (Å²) < 4.78 is 4.90. The van der Waals surface area contributed by atoms with Crippen LogP contribution in [0.4, 0.5) is 0 Å². The van der Waals surface area contributed by atoms with Gasteiger partial charge in [0.25, 0.3) is 0 Å². The highest BCUT2D eigenvalue weighted by Gasteiger charge is 2.38. The number of carboxylic acid groups (broad SMARTS) is 1. The second kappa shape index (κ2) is 6.70.